The van der Waals surface area contributed by atoms with E-state index in [0.717, 1.165) is 6.20 Å². The SMILES string of the molecule is Cn1c(C(F)F)cnc1CN. The third-order valence-corrected chi connectivity index (χ3v) is 1.53. The van der Waals surface area contributed by atoms with Crippen molar-refractivity contribution in [3.05, 3.63) is 17.7 Å². The van der Waals surface area contributed by atoms with Crippen LogP contribution in [0.2, 0.25) is 0 Å². The number of nitrogens with two attached hydrogens (primary N) is 1. The number of aromatic nitrogens is 2. The Morgan fingerprint density at radius 3 is 2.64 bits per heavy atom. The minimum Gasteiger partial charge on any atom is -0.329 e. The molecule has 0 aliphatic rings. The molecule has 11 heavy (non-hydrogen) atoms. The van der Waals surface area contributed by atoms with Gasteiger partial charge in [0.25, 0.3) is 6.43 Å². The molecule has 0 aromatic carbocycles. The van der Waals surface area contributed by atoms with E-state index in [1.807, 2.05) is 0 Å². The number of hydrogen-bond acceptors (Lipinski definition) is 2. The van der Waals surface area contributed by atoms with Crippen molar-refractivity contribution in [3.63, 3.8) is 0 Å². The third kappa shape index (κ3) is 1.37. The Morgan fingerprint density at radius 1 is 1.73 bits per heavy atom. The van der Waals surface area contributed by atoms with Crippen molar-refractivity contribution in [1.82, 2.24) is 9.55 Å². The molecular weight excluding hydrogens is 152 g/mol. The Kier molecular flexibility index (Phi) is 2.19. The lowest BCUT2D eigenvalue weighted by Gasteiger charge is -2.01. The lowest BCUT2D eigenvalue weighted by Crippen LogP contribution is -2.06. The predicted molar refractivity (Wildman–Crippen MR) is 36.1 cm³/mol. The lowest BCUT2D eigenvalue weighted by molar-refractivity contribution is 0.142. The van der Waals surface area contributed by atoms with Crippen LogP contribution in [0, 0.1) is 0 Å². The molecule has 0 aliphatic carbocycles. The first kappa shape index (κ1) is 8.13. The highest BCUT2D eigenvalue weighted by Gasteiger charge is 2.13. The van der Waals surface area contributed by atoms with Crippen molar-refractivity contribution in [3.8, 4) is 0 Å². The first-order valence-electron chi connectivity index (χ1n) is 3.15. The summed E-state index contributed by atoms with van der Waals surface area (Å²) >= 11 is 0. The van der Waals surface area contributed by atoms with Crippen LogP contribution in [0.15, 0.2) is 6.20 Å². The molecule has 62 valence electrons. The van der Waals surface area contributed by atoms with Gasteiger partial charge < -0.3 is 10.3 Å². The number of alkyl halides is 2. The number of hydrogen-bond donors (Lipinski definition) is 1. The van der Waals surface area contributed by atoms with Crippen LogP contribution in [-0.4, -0.2) is 9.55 Å². The van der Waals surface area contributed by atoms with Crippen LogP contribution < -0.4 is 5.73 Å². The van der Waals surface area contributed by atoms with E-state index in [9.17, 15) is 8.78 Å². The maximum absolute atomic E-state index is 12.1. The van der Waals surface area contributed by atoms with E-state index in [-0.39, 0.29) is 12.2 Å². The summed E-state index contributed by atoms with van der Waals surface area (Å²) in [6, 6.07) is 0. The Bertz CT molecular complexity index is 244. The molecule has 1 aromatic rings. The molecule has 0 unspecified atom stereocenters. The monoisotopic (exact) mass is 161 g/mol. The predicted octanol–water partition coefficient (Wildman–Crippen LogP) is 0.816. The number of imidazole rings is 1. The van der Waals surface area contributed by atoms with Gasteiger partial charge in [0.2, 0.25) is 0 Å². The summed E-state index contributed by atoms with van der Waals surface area (Å²) in [5, 5.41) is 0. The lowest BCUT2D eigenvalue weighted by atomic mass is 10.5. The molecule has 0 spiro atoms. The first-order chi connectivity index (χ1) is 5.16. The van der Waals surface area contributed by atoms with Crippen LogP contribution in [0.3, 0.4) is 0 Å². The van der Waals surface area contributed by atoms with Gasteiger partial charge in [-0.15, -0.1) is 0 Å². The van der Waals surface area contributed by atoms with Gasteiger partial charge in [-0.05, 0) is 0 Å². The van der Waals surface area contributed by atoms with Crippen LogP contribution >= 0.6 is 0 Å². The largest absolute Gasteiger partial charge is 0.329 e. The standard InChI is InChI=1S/C6H9F2N3/c1-11-4(6(7)8)3-10-5(11)2-9/h3,6H,2,9H2,1H3. The highest BCUT2D eigenvalue weighted by atomic mass is 19.3. The van der Waals surface area contributed by atoms with Gasteiger partial charge in [0, 0.05) is 7.05 Å². The summed E-state index contributed by atoms with van der Waals surface area (Å²) < 4.78 is 25.5. The zero-order chi connectivity index (χ0) is 8.43. The number of halogens is 2. The highest BCUT2D eigenvalue weighted by molar-refractivity contribution is 5.05. The van der Waals surface area contributed by atoms with Crippen LogP contribution in [0.25, 0.3) is 0 Å². The van der Waals surface area contributed by atoms with E-state index in [4.69, 9.17) is 5.73 Å². The molecule has 0 fully saturated rings. The average molecular weight is 161 g/mol. The zero-order valence-corrected chi connectivity index (χ0v) is 6.09. The maximum Gasteiger partial charge on any atom is 0.280 e. The van der Waals surface area contributed by atoms with E-state index in [0.29, 0.717) is 5.82 Å². The van der Waals surface area contributed by atoms with E-state index in [2.05, 4.69) is 4.98 Å². The van der Waals surface area contributed by atoms with Crippen LogP contribution in [0.5, 0.6) is 0 Å². The third-order valence-electron chi connectivity index (χ3n) is 1.53. The number of rotatable bonds is 2. The smallest absolute Gasteiger partial charge is 0.280 e. The van der Waals surface area contributed by atoms with Crippen LogP contribution in [-0.2, 0) is 13.6 Å². The summed E-state index contributed by atoms with van der Waals surface area (Å²) in [6.45, 7) is 0.184. The zero-order valence-electron chi connectivity index (χ0n) is 6.09. The molecule has 0 bridgehead atoms. The van der Waals surface area contributed by atoms with Crippen molar-refractivity contribution >= 4 is 0 Å². The molecule has 0 atom stereocenters. The van der Waals surface area contributed by atoms with Gasteiger partial charge in [-0.3, -0.25) is 0 Å². The van der Waals surface area contributed by atoms with Crippen molar-refractivity contribution in [2.75, 3.05) is 0 Å². The second-order valence-electron chi connectivity index (χ2n) is 2.16. The van der Waals surface area contributed by atoms with Crippen LogP contribution in [0.4, 0.5) is 8.78 Å². The molecule has 0 amide bonds. The van der Waals surface area contributed by atoms with E-state index < -0.39 is 6.43 Å². The molecule has 0 aliphatic heterocycles. The molecule has 3 nitrogen and oxygen atoms in total. The summed E-state index contributed by atoms with van der Waals surface area (Å²) in [5.74, 6) is 0.473. The van der Waals surface area contributed by atoms with E-state index in [1.165, 1.54) is 11.6 Å². The highest BCUT2D eigenvalue weighted by Crippen LogP contribution is 2.18. The fourth-order valence-electron chi connectivity index (χ4n) is 0.855. The van der Waals surface area contributed by atoms with Gasteiger partial charge in [0.05, 0.1) is 12.7 Å². The number of nitrogens with zero attached hydrogens (tertiary/aromatic N) is 2. The van der Waals surface area contributed by atoms with Crippen molar-refractivity contribution in [2.24, 2.45) is 12.8 Å². The maximum atomic E-state index is 12.1. The molecule has 1 heterocycles. The van der Waals surface area contributed by atoms with Gasteiger partial charge in [-0.1, -0.05) is 0 Å². The Morgan fingerprint density at radius 2 is 2.36 bits per heavy atom. The molecule has 2 N–H and O–H groups in total. The topological polar surface area (TPSA) is 43.8 Å². The Labute approximate surface area is 62.8 Å². The molecule has 0 radical (unpaired) electrons. The van der Waals surface area contributed by atoms with Gasteiger partial charge >= 0.3 is 0 Å². The Hall–Kier alpha value is -0.970. The summed E-state index contributed by atoms with van der Waals surface area (Å²) in [6.07, 6.45) is -1.33. The van der Waals surface area contributed by atoms with Gasteiger partial charge in [-0.2, -0.15) is 0 Å². The molecule has 5 heteroatoms. The quantitative estimate of drug-likeness (QED) is 0.697. The first-order valence-corrected chi connectivity index (χ1v) is 3.15. The minimum atomic E-state index is -2.48. The second kappa shape index (κ2) is 2.96. The van der Waals surface area contributed by atoms with Gasteiger partial charge in [0.1, 0.15) is 11.5 Å². The molecule has 0 saturated carbocycles. The summed E-state index contributed by atoms with van der Waals surface area (Å²) in [5.41, 5.74) is 5.14. The molecular formula is C6H9F2N3. The molecule has 0 saturated heterocycles. The fourth-order valence-corrected chi connectivity index (χ4v) is 0.855. The summed E-state index contributed by atoms with van der Waals surface area (Å²) in [4.78, 5) is 3.71. The molecule has 1 aromatic heterocycles. The fraction of sp³-hybridized carbons (Fsp3) is 0.500. The van der Waals surface area contributed by atoms with Crippen molar-refractivity contribution in [2.45, 2.75) is 13.0 Å². The van der Waals surface area contributed by atoms with Crippen molar-refractivity contribution < 1.29 is 8.78 Å². The normalized spacial score (nSPS) is 11.0. The second-order valence-corrected chi connectivity index (χ2v) is 2.16. The van der Waals surface area contributed by atoms with Gasteiger partial charge in [0.15, 0.2) is 0 Å². The van der Waals surface area contributed by atoms with Gasteiger partial charge in [-0.25, -0.2) is 13.8 Å². The Balaban J connectivity index is 3.00. The van der Waals surface area contributed by atoms with Crippen molar-refractivity contribution in [1.29, 1.82) is 0 Å². The van der Waals surface area contributed by atoms with E-state index >= 15 is 0 Å². The average Bonchev–Trinajstić information content (AvgIpc) is 2.30. The molecule has 1 rings (SSSR count). The van der Waals surface area contributed by atoms with E-state index in [1.54, 1.807) is 0 Å². The van der Waals surface area contributed by atoms with Crippen LogP contribution in [0.1, 0.15) is 17.9 Å². The summed E-state index contributed by atoms with van der Waals surface area (Å²) in [7, 11) is 1.52. The minimum absolute atomic E-state index is 0.0922.